The molecule has 0 saturated carbocycles. The highest BCUT2D eigenvalue weighted by Crippen LogP contribution is 2.36. The van der Waals surface area contributed by atoms with Crippen LogP contribution in [0.15, 0.2) is 12.1 Å². The van der Waals surface area contributed by atoms with Gasteiger partial charge < -0.3 is 19.5 Å². The Bertz CT molecular complexity index is 530. The fourth-order valence-corrected chi connectivity index (χ4v) is 1.87. The summed E-state index contributed by atoms with van der Waals surface area (Å²) in [6.07, 6.45) is 0.886. The quantitative estimate of drug-likeness (QED) is 0.781. The minimum Gasteiger partial charge on any atom is -0.493 e. The molecule has 0 fully saturated rings. The molecule has 0 saturated heterocycles. The standard InChI is InChI=1S/C14H18ClNO5/c1-16(2)12(17)5-4-6-21-13-10(15)7-9(14(18)19)8-11(13)20-3/h7-8H,4-6H2,1-3H3,(H,18,19). The summed E-state index contributed by atoms with van der Waals surface area (Å²) in [4.78, 5) is 23.9. The van der Waals surface area contributed by atoms with Crippen LogP contribution in [0, 0.1) is 0 Å². The third-order valence-electron chi connectivity index (χ3n) is 2.76. The molecular weight excluding hydrogens is 298 g/mol. The first kappa shape index (κ1) is 17.1. The van der Waals surface area contributed by atoms with Crippen LogP contribution in [0.3, 0.4) is 0 Å². The van der Waals surface area contributed by atoms with Crippen LogP contribution in [0.1, 0.15) is 23.2 Å². The molecule has 1 aromatic carbocycles. The molecule has 116 valence electrons. The highest BCUT2D eigenvalue weighted by molar-refractivity contribution is 6.32. The molecule has 0 unspecified atom stereocenters. The molecule has 0 spiro atoms. The SMILES string of the molecule is COc1cc(C(=O)O)cc(Cl)c1OCCCC(=O)N(C)C. The van der Waals surface area contributed by atoms with Crippen molar-refractivity contribution in [2.24, 2.45) is 0 Å². The zero-order chi connectivity index (χ0) is 16.0. The molecule has 0 aromatic heterocycles. The number of rotatable bonds is 7. The van der Waals surface area contributed by atoms with Crippen molar-refractivity contribution < 1.29 is 24.2 Å². The number of carbonyl (C=O) groups excluding carboxylic acids is 1. The van der Waals surface area contributed by atoms with Crippen molar-refractivity contribution in [1.82, 2.24) is 4.90 Å². The second kappa shape index (κ2) is 7.73. The molecular formula is C14H18ClNO5. The van der Waals surface area contributed by atoms with Gasteiger partial charge in [-0.15, -0.1) is 0 Å². The molecule has 0 radical (unpaired) electrons. The maximum absolute atomic E-state index is 11.4. The summed E-state index contributed by atoms with van der Waals surface area (Å²) in [6, 6.07) is 2.64. The van der Waals surface area contributed by atoms with E-state index in [4.69, 9.17) is 26.2 Å². The van der Waals surface area contributed by atoms with Crippen molar-refractivity contribution in [2.45, 2.75) is 12.8 Å². The number of carboxylic acids is 1. The predicted octanol–water partition coefficient (Wildman–Crippen LogP) is 2.29. The smallest absolute Gasteiger partial charge is 0.335 e. The minimum atomic E-state index is -1.10. The highest BCUT2D eigenvalue weighted by Gasteiger charge is 2.15. The van der Waals surface area contributed by atoms with E-state index in [1.807, 2.05) is 0 Å². The van der Waals surface area contributed by atoms with Crippen LogP contribution >= 0.6 is 11.6 Å². The number of carboxylic acid groups (broad SMARTS) is 1. The largest absolute Gasteiger partial charge is 0.493 e. The number of ether oxygens (including phenoxy) is 2. The summed E-state index contributed by atoms with van der Waals surface area (Å²) in [5.41, 5.74) is 0.0204. The summed E-state index contributed by atoms with van der Waals surface area (Å²) in [5, 5.41) is 9.11. The number of amides is 1. The van der Waals surface area contributed by atoms with E-state index in [9.17, 15) is 9.59 Å². The molecule has 0 aliphatic carbocycles. The molecule has 0 aliphatic heterocycles. The molecule has 21 heavy (non-hydrogen) atoms. The Morgan fingerprint density at radius 3 is 2.52 bits per heavy atom. The van der Waals surface area contributed by atoms with E-state index in [0.29, 0.717) is 12.8 Å². The van der Waals surface area contributed by atoms with Crippen LogP contribution in [-0.4, -0.2) is 49.7 Å². The lowest BCUT2D eigenvalue weighted by molar-refractivity contribution is -0.128. The van der Waals surface area contributed by atoms with Gasteiger partial charge in [0.05, 0.1) is 24.3 Å². The van der Waals surface area contributed by atoms with Crippen molar-refractivity contribution in [1.29, 1.82) is 0 Å². The fourth-order valence-electron chi connectivity index (χ4n) is 1.60. The van der Waals surface area contributed by atoms with Gasteiger partial charge in [0.15, 0.2) is 11.5 Å². The first-order valence-corrected chi connectivity index (χ1v) is 6.68. The fraction of sp³-hybridized carbons (Fsp3) is 0.429. The molecule has 0 heterocycles. The lowest BCUT2D eigenvalue weighted by Gasteiger charge is -2.14. The van der Waals surface area contributed by atoms with Crippen molar-refractivity contribution in [2.75, 3.05) is 27.8 Å². The predicted molar refractivity (Wildman–Crippen MR) is 78.4 cm³/mol. The minimum absolute atomic E-state index is 0.0119. The maximum Gasteiger partial charge on any atom is 0.335 e. The first-order valence-electron chi connectivity index (χ1n) is 6.30. The van der Waals surface area contributed by atoms with Crippen LogP contribution in [0.4, 0.5) is 0 Å². The van der Waals surface area contributed by atoms with Crippen LogP contribution in [-0.2, 0) is 4.79 Å². The normalized spacial score (nSPS) is 10.1. The van der Waals surface area contributed by atoms with E-state index in [-0.39, 0.29) is 34.6 Å². The van der Waals surface area contributed by atoms with Crippen LogP contribution in [0.25, 0.3) is 0 Å². The van der Waals surface area contributed by atoms with Gasteiger partial charge in [0.2, 0.25) is 5.91 Å². The summed E-state index contributed by atoms with van der Waals surface area (Å²) < 4.78 is 10.6. The highest BCUT2D eigenvalue weighted by atomic mass is 35.5. The molecule has 1 amide bonds. The van der Waals surface area contributed by atoms with Gasteiger partial charge in [-0.25, -0.2) is 4.79 Å². The number of aromatic carboxylic acids is 1. The molecule has 0 atom stereocenters. The first-order chi connectivity index (χ1) is 9.86. The summed E-state index contributed by atoms with van der Waals surface area (Å²) in [6.45, 7) is 0.280. The van der Waals surface area contributed by atoms with Crippen LogP contribution in [0.2, 0.25) is 5.02 Å². The third kappa shape index (κ3) is 4.82. The number of hydrogen-bond acceptors (Lipinski definition) is 4. The summed E-state index contributed by atoms with van der Waals surface area (Å²) >= 11 is 6.01. The molecule has 0 bridgehead atoms. The van der Waals surface area contributed by atoms with Crippen molar-refractivity contribution in [3.8, 4) is 11.5 Å². The van der Waals surface area contributed by atoms with E-state index < -0.39 is 5.97 Å². The lowest BCUT2D eigenvalue weighted by atomic mass is 10.2. The molecule has 6 nitrogen and oxygen atoms in total. The van der Waals surface area contributed by atoms with E-state index in [0.717, 1.165) is 0 Å². The Balaban J connectivity index is 2.71. The molecule has 1 rings (SSSR count). The van der Waals surface area contributed by atoms with E-state index in [2.05, 4.69) is 0 Å². The van der Waals surface area contributed by atoms with Crippen molar-refractivity contribution in [3.63, 3.8) is 0 Å². The maximum atomic E-state index is 11.4. The van der Waals surface area contributed by atoms with Crippen LogP contribution < -0.4 is 9.47 Å². The lowest BCUT2D eigenvalue weighted by Crippen LogP contribution is -2.21. The topological polar surface area (TPSA) is 76.1 Å². The summed E-state index contributed by atoms with van der Waals surface area (Å²) in [7, 11) is 4.78. The zero-order valence-electron chi connectivity index (χ0n) is 12.2. The number of benzene rings is 1. The average Bonchev–Trinajstić information content (AvgIpc) is 2.43. The van der Waals surface area contributed by atoms with Gasteiger partial charge in [-0.3, -0.25) is 4.79 Å². The molecule has 7 heteroatoms. The Hall–Kier alpha value is -1.95. The third-order valence-corrected chi connectivity index (χ3v) is 3.04. The molecule has 1 N–H and O–H groups in total. The summed E-state index contributed by atoms with van der Waals surface area (Å²) in [5.74, 6) is -0.559. The molecule has 0 aliphatic rings. The monoisotopic (exact) mass is 315 g/mol. The van der Waals surface area contributed by atoms with Crippen LogP contribution in [0.5, 0.6) is 11.5 Å². The Kier molecular flexibility index (Phi) is 6.30. The van der Waals surface area contributed by atoms with Gasteiger partial charge >= 0.3 is 5.97 Å². The Morgan fingerprint density at radius 1 is 1.33 bits per heavy atom. The number of nitrogens with zero attached hydrogens (tertiary/aromatic N) is 1. The van der Waals surface area contributed by atoms with Gasteiger partial charge in [-0.05, 0) is 18.6 Å². The van der Waals surface area contributed by atoms with E-state index in [1.165, 1.54) is 24.1 Å². The Labute approximate surface area is 128 Å². The van der Waals surface area contributed by atoms with Crippen molar-refractivity contribution in [3.05, 3.63) is 22.7 Å². The second-order valence-corrected chi connectivity index (χ2v) is 4.94. The number of carbonyl (C=O) groups is 2. The second-order valence-electron chi connectivity index (χ2n) is 4.53. The number of halogens is 1. The average molecular weight is 316 g/mol. The van der Waals surface area contributed by atoms with Gasteiger partial charge in [0.1, 0.15) is 0 Å². The van der Waals surface area contributed by atoms with E-state index >= 15 is 0 Å². The van der Waals surface area contributed by atoms with E-state index in [1.54, 1.807) is 14.1 Å². The van der Waals surface area contributed by atoms with Gasteiger partial charge in [0, 0.05) is 20.5 Å². The number of methoxy groups -OCH3 is 1. The van der Waals surface area contributed by atoms with Gasteiger partial charge in [-0.2, -0.15) is 0 Å². The van der Waals surface area contributed by atoms with Crippen molar-refractivity contribution >= 4 is 23.5 Å². The van der Waals surface area contributed by atoms with Gasteiger partial charge in [0.25, 0.3) is 0 Å². The van der Waals surface area contributed by atoms with Gasteiger partial charge in [-0.1, -0.05) is 11.6 Å². The molecule has 1 aromatic rings. The Morgan fingerprint density at radius 2 is 2.00 bits per heavy atom. The zero-order valence-corrected chi connectivity index (χ0v) is 12.9. The number of hydrogen-bond donors (Lipinski definition) is 1.